The van der Waals surface area contributed by atoms with Crippen molar-refractivity contribution in [3.8, 4) is 11.5 Å². The van der Waals surface area contributed by atoms with Crippen LogP contribution in [0.1, 0.15) is 12.8 Å². The molecule has 1 aromatic rings. The summed E-state index contributed by atoms with van der Waals surface area (Å²) in [5.74, 6) is -3.68. The standard InChI is InChI=1S/C13H12ClF3N2O5/c14-10-9(23-7-3-5-18-6-4-7)2-1-8(19(21)22)11(10)24-12(20)13(15,16)17/h1-2,7,18H,3-6H2. The average molecular weight is 369 g/mol. The van der Waals surface area contributed by atoms with Gasteiger partial charge in [-0.1, -0.05) is 11.6 Å². The normalized spacial score (nSPS) is 15.8. The molecule has 0 aromatic heterocycles. The summed E-state index contributed by atoms with van der Waals surface area (Å²) >= 11 is 5.88. The van der Waals surface area contributed by atoms with Gasteiger partial charge in [-0.15, -0.1) is 0 Å². The molecule has 1 fully saturated rings. The van der Waals surface area contributed by atoms with E-state index in [0.29, 0.717) is 25.9 Å². The largest absolute Gasteiger partial charge is 0.491 e. The van der Waals surface area contributed by atoms with Crippen LogP contribution in [0.5, 0.6) is 11.5 Å². The minimum absolute atomic E-state index is 0.0841. The van der Waals surface area contributed by atoms with Crippen LogP contribution in [-0.2, 0) is 4.79 Å². The van der Waals surface area contributed by atoms with Gasteiger partial charge in [-0.2, -0.15) is 13.2 Å². The lowest BCUT2D eigenvalue weighted by Gasteiger charge is -2.24. The second-order valence-electron chi connectivity index (χ2n) is 4.94. The molecule has 0 radical (unpaired) electrons. The Balaban J connectivity index is 2.32. The lowest BCUT2D eigenvalue weighted by atomic mass is 10.1. The summed E-state index contributed by atoms with van der Waals surface area (Å²) in [6.07, 6.45) is -4.31. The molecular weight excluding hydrogens is 357 g/mol. The van der Waals surface area contributed by atoms with Gasteiger partial charge in [-0.25, -0.2) is 4.79 Å². The summed E-state index contributed by atoms with van der Waals surface area (Å²) in [5.41, 5.74) is -0.865. The molecular formula is C13H12ClF3N2O5. The number of nitrogens with one attached hydrogen (secondary N) is 1. The molecule has 0 atom stereocenters. The van der Waals surface area contributed by atoms with E-state index in [1.165, 1.54) is 0 Å². The Labute approximate surface area is 138 Å². The third-order valence-electron chi connectivity index (χ3n) is 3.24. The summed E-state index contributed by atoms with van der Waals surface area (Å²) in [6.45, 7) is 1.37. The molecule has 0 aliphatic carbocycles. The predicted octanol–water partition coefficient (Wildman–Crippen LogP) is 2.85. The zero-order valence-corrected chi connectivity index (χ0v) is 12.8. The van der Waals surface area contributed by atoms with Gasteiger partial charge >= 0.3 is 17.8 Å². The van der Waals surface area contributed by atoms with Gasteiger partial charge in [0.1, 0.15) is 16.9 Å². The second kappa shape index (κ2) is 7.22. The molecule has 1 N–H and O–H groups in total. The fourth-order valence-electron chi connectivity index (χ4n) is 2.10. The van der Waals surface area contributed by atoms with Crippen molar-refractivity contribution in [3.63, 3.8) is 0 Å². The van der Waals surface area contributed by atoms with E-state index in [1.54, 1.807) is 0 Å². The fourth-order valence-corrected chi connectivity index (χ4v) is 2.35. The summed E-state index contributed by atoms with van der Waals surface area (Å²) in [5, 5.41) is 13.5. The molecule has 1 saturated heterocycles. The Morgan fingerprint density at radius 1 is 1.33 bits per heavy atom. The van der Waals surface area contributed by atoms with Crippen molar-refractivity contribution >= 4 is 23.3 Å². The van der Waals surface area contributed by atoms with Gasteiger partial charge < -0.3 is 14.8 Å². The van der Waals surface area contributed by atoms with Gasteiger partial charge in [0.15, 0.2) is 0 Å². The van der Waals surface area contributed by atoms with Crippen LogP contribution in [0.25, 0.3) is 0 Å². The van der Waals surface area contributed by atoms with E-state index in [9.17, 15) is 28.1 Å². The van der Waals surface area contributed by atoms with E-state index < -0.39 is 33.5 Å². The molecule has 0 bridgehead atoms. The highest BCUT2D eigenvalue weighted by Crippen LogP contribution is 2.42. The maximum Gasteiger partial charge on any atom is 0.491 e. The first-order chi connectivity index (χ1) is 11.2. The molecule has 0 spiro atoms. The molecule has 0 amide bonds. The molecule has 11 heteroatoms. The van der Waals surface area contributed by atoms with E-state index in [1.807, 2.05) is 0 Å². The third-order valence-corrected chi connectivity index (χ3v) is 3.60. The van der Waals surface area contributed by atoms with Crippen LogP contribution in [0.3, 0.4) is 0 Å². The van der Waals surface area contributed by atoms with Gasteiger partial charge in [0.05, 0.1) is 4.92 Å². The van der Waals surface area contributed by atoms with Crippen molar-refractivity contribution in [2.75, 3.05) is 13.1 Å². The first-order valence-electron chi connectivity index (χ1n) is 6.83. The Kier molecular flexibility index (Phi) is 5.50. The number of nitro benzene ring substituents is 1. The number of hydrogen-bond acceptors (Lipinski definition) is 6. The molecule has 2 rings (SSSR count). The molecule has 0 unspecified atom stereocenters. The van der Waals surface area contributed by atoms with Crippen molar-refractivity contribution in [2.24, 2.45) is 0 Å². The van der Waals surface area contributed by atoms with Crippen molar-refractivity contribution in [3.05, 3.63) is 27.3 Å². The van der Waals surface area contributed by atoms with Gasteiger partial charge in [0.2, 0.25) is 5.75 Å². The van der Waals surface area contributed by atoms with Gasteiger partial charge in [0, 0.05) is 6.07 Å². The Morgan fingerprint density at radius 3 is 2.50 bits per heavy atom. The van der Waals surface area contributed by atoms with Crippen LogP contribution in [0.2, 0.25) is 5.02 Å². The minimum atomic E-state index is -5.32. The van der Waals surface area contributed by atoms with E-state index in [0.717, 1.165) is 12.1 Å². The van der Waals surface area contributed by atoms with E-state index in [2.05, 4.69) is 10.1 Å². The van der Waals surface area contributed by atoms with Crippen LogP contribution in [-0.4, -0.2) is 36.3 Å². The Hall–Kier alpha value is -2.07. The van der Waals surface area contributed by atoms with Crippen molar-refractivity contribution in [2.45, 2.75) is 25.1 Å². The van der Waals surface area contributed by atoms with Gasteiger partial charge in [0.25, 0.3) is 0 Å². The number of rotatable bonds is 4. The number of alkyl halides is 3. The first-order valence-corrected chi connectivity index (χ1v) is 7.21. The maximum absolute atomic E-state index is 12.3. The predicted molar refractivity (Wildman–Crippen MR) is 76.3 cm³/mol. The monoisotopic (exact) mass is 368 g/mol. The number of piperidine rings is 1. The molecule has 1 aliphatic heterocycles. The molecule has 24 heavy (non-hydrogen) atoms. The molecule has 0 saturated carbocycles. The second-order valence-corrected chi connectivity index (χ2v) is 5.32. The van der Waals surface area contributed by atoms with Crippen LogP contribution in [0.15, 0.2) is 12.1 Å². The number of hydrogen-bond donors (Lipinski definition) is 1. The number of ether oxygens (including phenoxy) is 2. The first kappa shape index (κ1) is 18.3. The number of carbonyl (C=O) groups excluding carboxylic acids is 1. The summed E-state index contributed by atoms with van der Waals surface area (Å²) in [6, 6.07) is 2.04. The lowest BCUT2D eigenvalue weighted by Crippen LogP contribution is -2.34. The average Bonchev–Trinajstić information content (AvgIpc) is 2.51. The van der Waals surface area contributed by atoms with Gasteiger partial charge in [-0.3, -0.25) is 10.1 Å². The maximum atomic E-state index is 12.3. The number of carbonyl (C=O) groups is 1. The van der Waals surface area contributed by atoms with E-state index in [4.69, 9.17) is 16.3 Å². The highest BCUT2D eigenvalue weighted by Gasteiger charge is 2.43. The van der Waals surface area contributed by atoms with Crippen LogP contribution in [0.4, 0.5) is 18.9 Å². The summed E-state index contributed by atoms with van der Waals surface area (Å²) in [7, 11) is 0. The molecule has 132 valence electrons. The summed E-state index contributed by atoms with van der Waals surface area (Å²) in [4.78, 5) is 20.9. The van der Waals surface area contributed by atoms with Crippen molar-refractivity contribution in [1.29, 1.82) is 0 Å². The third kappa shape index (κ3) is 4.26. The number of halogens is 4. The number of benzene rings is 1. The van der Waals surface area contributed by atoms with Crippen LogP contribution in [0, 0.1) is 10.1 Å². The molecule has 1 heterocycles. The SMILES string of the molecule is O=C(Oc1c([N+](=O)[O-])ccc(OC2CCNCC2)c1Cl)C(F)(F)F. The van der Waals surface area contributed by atoms with Crippen molar-refractivity contribution < 1.29 is 32.4 Å². The topological polar surface area (TPSA) is 90.7 Å². The van der Waals surface area contributed by atoms with Crippen LogP contribution >= 0.6 is 11.6 Å². The smallest absolute Gasteiger partial charge is 0.489 e. The highest BCUT2D eigenvalue weighted by molar-refractivity contribution is 6.34. The molecule has 1 aliphatic rings. The van der Waals surface area contributed by atoms with Gasteiger partial charge in [-0.05, 0) is 32.0 Å². The zero-order chi connectivity index (χ0) is 17.9. The van der Waals surface area contributed by atoms with Crippen molar-refractivity contribution in [1.82, 2.24) is 5.32 Å². The molecule has 1 aromatic carbocycles. The molecule has 7 nitrogen and oxygen atoms in total. The number of nitrogens with zero attached hydrogens (tertiary/aromatic N) is 1. The zero-order valence-electron chi connectivity index (χ0n) is 12.1. The van der Waals surface area contributed by atoms with E-state index in [-0.39, 0.29) is 11.9 Å². The number of esters is 1. The number of nitro groups is 1. The minimum Gasteiger partial charge on any atom is -0.489 e. The lowest BCUT2D eigenvalue weighted by molar-refractivity contribution is -0.385. The van der Waals surface area contributed by atoms with E-state index >= 15 is 0 Å². The van der Waals surface area contributed by atoms with Crippen LogP contribution < -0.4 is 14.8 Å². The summed E-state index contributed by atoms with van der Waals surface area (Å²) < 4.78 is 46.7. The highest BCUT2D eigenvalue weighted by atomic mass is 35.5. The Bertz CT molecular complexity index is 647. The Morgan fingerprint density at radius 2 is 1.96 bits per heavy atom. The quantitative estimate of drug-likeness (QED) is 0.380. The fraction of sp³-hybridized carbons (Fsp3) is 0.462.